The number of alkyl halides is 3. The highest BCUT2D eigenvalue weighted by atomic mass is 127. The maximum atomic E-state index is 12.5. The number of nitrogens with one attached hydrogen (secondary N) is 2. The molecule has 2 aliphatic heterocycles. The molecule has 148 valence electrons. The summed E-state index contributed by atoms with van der Waals surface area (Å²) in [5.41, 5.74) is 0. The van der Waals surface area contributed by atoms with E-state index in [4.69, 9.17) is 0 Å². The highest BCUT2D eigenvalue weighted by Gasteiger charge is 2.34. The minimum atomic E-state index is -4.12. The van der Waals surface area contributed by atoms with Crippen molar-refractivity contribution in [3.63, 3.8) is 0 Å². The van der Waals surface area contributed by atoms with Gasteiger partial charge in [-0.1, -0.05) is 6.92 Å². The zero-order chi connectivity index (χ0) is 17.6. The SMILES string of the molecule is CCNC(=NCC1CCN(CC)C1)NC1CCN(CC(F)(F)F)C1.I. The molecule has 0 aromatic rings. The standard InChI is InChI=1S/C16H30F3N5.HI/c1-3-20-15(21-9-13-5-7-23(4-2)10-13)22-14-6-8-24(11-14)12-16(17,18)19;/h13-14H,3-12H2,1-2H3,(H2,20,21,22);1H. The lowest BCUT2D eigenvalue weighted by Gasteiger charge is -2.20. The Balaban J connectivity index is 0.00000312. The van der Waals surface area contributed by atoms with Crippen LogP contribution in [0.5, 0.6) is 0 Å². The summed E-state index contributed by atoms with van der Waals surface area (Å²) in [6, 6.07) is 0.0286. The van der Waals surface area contributed by atoms with E-state index in [1.807, 2.05) is 6.92 Å². The highest BCUT2D eigenvalue weighted by molar-refractivity contribution is 14.0. The van der Waals surface area contributed by atoms with Crippen molar-refractivity contribution < 1.29 is 13.2 Å². The van der Waals surface area contributed by atoms with Crippen LogP contribution in [0.2, 0.25) is 0 Å². The van der Waals surface area contributed by atoms with E-state index in [1.54, 1.807) is 0 Å². The Labute approximate surface area is 165 Å². The van der Waals surface area contributed by atoms with Crippen molar-refractivity contribution in [2.24, 2.45) is 10.9 Å². The average molecular weight is 477 g/mol. The first kappa shape index (κ1) is 22.8. The van der Waals surface area contributed by atoms with E-state index in [0.29, 0.717) is 25.4 Å². The molecule has 0 amide bonds. The average Bonchev–Trinajstić information content (AvgIpc) is 3.12. The van der Waals surface area contributed by atoms with E-state index in [0.717, 1.165) is 38.7 Å². The molecule has 0 radical (unpaired) electrons. The Bertz CT molecular complexity index is 419. The van der Waals surface area contributed by atoms with Gasteiger partial charge >= 0.3 is 6.18 Å². The summed E-state index contributed by atoms with van der Waals surface area (Å²) in [6.07, 6.45) is -2.24. The van der Waals surface area contributed by atoms with Gasteiger partial charge in [0.05, 0.1) is 6.54 Å². The first-order chi connectivity index (χ1) is 11.4. The van der Waals surface area contributed by atoms with E-state index in [9.17, 15) is 13.2 Å². The topological polar surface area (TPSA) is 42.9 Å². The van der Waals surface area contributed by atoms with Crippen molar-refractivity contribution in [1.82, 2.24) is 20.4 Å². The predicted octanol–water partition coefficient (Wildman–Crippen LogP) is 2.14. The van der Waals surface area contributed by atoms with Gasteiger partial charge < -0.3 is 15.5 Å². The molecule has 2 atom stereocenters. The molecule has 2 aliphatic rings. The summed E-state index contributed by atoms with van der Waals surface area (Å²) in [7, 11) is 0. The fraction of sp³-hybridized carbons (Fsp3) is 0.938. The summed E-state index contributed by atoms with van der Waals surface area (Å²) in [4.78, 5) is 8.53. The summed E-state index contributed by atoms with van der Waals surface area (Å²) >= 11 is 0. The fourth-order valence-corrected chi connectivity index (χ4v) is 3.43. The second-order valence-electron chi connectivity index (χ2n) is 6.75. The Morgan fingerprint density at radius 3 is 2.44 bits per heavy atom. The number of nitrogens with zero attached hydrogens (tertiary/aromatic N) is 3. The largest absolute Gasteiger partial charge is 0.401 e. The third kappa shape index (κ3) is 8.29. The first-order valence-corrected chi connectivity index (χ1v) is 8.96. The van der Waals surface area contributed by atoms with Gasteiger partial charge in [0.2, 0.25) is 0 Å². The van der Waals surface area contributed by atoms with Gasteiger partial charge in [0, 0.05) is 38.8 Å². The number of hydrogen-bond donors (Lipinski definition) is 2. The van der Waals surface area contributed by atoms with Crippen molar-refractivity contribution >= 4 is 29.9 Å². The quantitative estimate of drug-likeness (QED) is 0.350. The number of guanidine groups is 1. The summed E-state index contributed by atoms with van der Waals surface area (Å²) in [5.74, 6) is 1.30. The molecule has 0 aromatic carbocycles. The Morgan fingerprint density at radius 2 is 1.84 bits per heavy atom. The van der Waals surface area contributed by atoms with Crippen molar-refractivity contribution in [1.29, 1.82) is 0 Å². The van der Waals surface area contributed by atoms with E-state index in [1.165, 1.54) is 11.3 Å². The molecule has 2 rings (SSSR count). The van der Waals surface area contributed by atoms with E-state index < -0.39 is 12.7 Å². The number of hydrogen-bond acceptors (Lipinski definition) is 3. The van der Waals surface area contributed by atoms with Crippen LogP contribution < -0.4 is 10.6 Å². The summed E-state index contributed by atoms with van der Waals surface area (Å²) in [6.45, 7) is 9.05. The van der Waals surface area contributed by atoms with Crippen LogP contribution in [0.25, 0.3) is 0 Å². The molecule has 0 aromatic heterocycles. The van der Waals surface area contributed by atoms with Crippen LogP contribution in [0.15, 0.2) is 4.99 Å². The number of rotatable bonds is 6. The van der Waals surface area contributed by atoms with Crippen LogP contribution in [0.3, 0.4) is 0 Å². The van der Waals surface area contributed by atoms with Gasteiger partial charge in [-0.2, -0.15) is 13.2 Å². The monoisotopic (exact) mass is 477 g/mol. The molecule has 0 saturated carbocycles. The predicted molar refractivity (Wildman–Crippen MR) is 106 cm³/mol. The maximum Gasteiger partial charge on any atom is 0.401 e. The smallest absolute Gasteiger partial charge is 0.357 e. The zero-order valence-electron chi connectivity index (χ0n) is 15.1. The summed E-state index contributed by atoms with van der Waals surface area (Å²) < 4.78 is 37.4. The van der Waals surface area contributed by atoms with Gasteiger partial charge in [0.1, 0.15) is 0 Å². The van der Waals surface area contributed by atoms with Crippen molar-refractivity contribution in [3.8, 4) is 0 Å². The van der Waals surface area contributed by atoms with Crippen LogP contribution in [-0.4, -0.2) is 80.3 Å². The van der Waals surface area contributed by atoms with E-state index >= 15 is 0 Å². The minimum absolute atomic E-state index is 0. The number of halogens is 4. The molecule has 0 spiro atoms. The molecule has 0 bridgehead atoms. The fourth-order valence-electron chi connectivity index (χ4n) is 3.43. The van der Waals surface area contributed by atoms with Crippen molar-refractivity contribution in [3.05, 3.63) is 0 Å². The normalized spacial score (nSPS) is 25.9. The number of likely N-dealkylation sites (tertiary alicyclic amines) is 2. The van der Waals surface area contributed by atoms with Crippen LogP contribution in [0, 0.1) is 5.92 Å². The molecule has 2 saturated heterocycles. The summed E-state index contributed by atoms with van der Waals surface area (Å²) in [5, 5.41) is 6.50. The van der Waals surface area contributed by atoms with E-state index in [-0.39, 0.29) is 30.0 Å². The first-order valence-electron chi connectivity index (χ1n) is 8.96. The zero-order valence-corrected chi connectivity index (χ0v) is 17.4. The molecule has 2 N–H and O–H groups in total. The molecule has 25 heavy (non-hydrogen) atoms. The van der Waals surface area contributed by atoms with Crippen LogP contribution in [-0.2, 0) is 0 Å². The molecule has 5 nitrogen and oxygen atoms in total. The molecule has 2 fully saturated rings. The van der Waals surface area contributed by atoms with Crippen LogP contribution in [0.1, 0.15) is 26.7 Å². The van der Waals surface area contributed by atoms with Gasteiger partial charge in [-0.3, -0.25) is 9.89 Å². The van der Waals surface area contributed by atoms with Crippen molar-refractivity contribution in [2.75, 3.05) is 52.4 Å². The molecule has 9 heteroatoms. The molecule has 0 aliphatic carbocycles. The highest BCUT2D eigenvalue weighted by Crippen LogP contribution is 2.20. The Hall–Kier alpha value is -0.290. The minimum Gasteiger partial charge on any atom is -0.357 e. The third-order valence-corrected chi connectivity index (χ3v) is 4.69. The lowest BCUT2D eigenvalue weighted by atomic mass is 10.1. The second-order valence-corrected chi connectivity index (χ2v) is 6.75. The van der Waals surface area contributed by atoms with Crippen LogP contribution >= 0.6 is 24.0 Å². The van der Waals surface area contributed by atoms with Gasteiger partial charge in [0.25, 0.3) is 0 Å². The van der Waals surface area contributed by atoms with Crippen molar-refractivity contribution in [2.45, 2.75) is 38.9 Å². The number of aliphatic imine (C=N–C) groups is 1. The third-order valence-electron chi connectivity index (χ3n) is 4.69. The van der Waals surface area contributed by atoms with Crippen LogP contribution in [0.4, 0.5) is 13.2 Å². The Kier molecular flexibility index (Phi) is 9.79. The van der Waals surface area contributed by atoms with Gasteiger partial charge in [0.15, 0.2) is 5.96 Å². The lowest BCUT2D eigenvalue weighted by molar-refractivity contribution is -0.143. The molecule has 2 heterocycles. The lowest BCUT2D eigenvalue weighted by Crippen LogP contribution is -2.45. The van der Waals surface area contributed by atoms with Gasteiger partial charge in [-0.15, -0.1) is 24.0 Å². The van der Waals surface area contributed by atoms with Gasteiger partial charge in [-0.25, -0.2) is 0 Å². The molecule has 2 unspecified atom stereocenters. The van der Waals surface area contributed by atoms with Gasteiger partial charge in [-0.05, 0) is 38.8 Å². The molecular weight excluding hydrogens is 446 g/mol. The second kappa shape index (κ2) is 10.8. The van der Waals surface area contributed by atoms with E-state index in [2.05, 4.69) is 27.4 Å². The maximum absolute atomic E-state index is 12.5. The molecular formula is C16H31F3IN5. The Morgan fingerprint density at radius 1 is 1.12 bits per heavy atom.